The van der Waals surface area contributed by atoms with E-state index in [-0.39, 0.29) is 27.9 Å². The van der Waals surface area contributed by atoms with Crippen molar-refractivity contribution in [2.24, 2.45) is 0 Å². The number of hydrogen-bond acceptors (Lipinski definition) is 4. The first-order chi connectivity index (χ1) is 12.2. The van der Waals surface area contributed by atoms with E-state index < -0.39 is 15.7 Å². The fourth-order valence-corrected chi connectivity index (χ4v) is 4.40. The van der Waals surface area contributed by atoms with Gasteiger partial charge in [0.15, 0.2) is 0 Å². The van der Waals surface area contributed by atoms with Crippen molar-refractivity contribution in [3.05, 3.63) is 41.3 Å². The van der Waals surface area contributed by atoms with Crippen LogP contribution in [0.25, 0.3) is 0 Å². The molecule has 26 heavy (non-hydrogen) atoms. The maximum Gasteiger partial charge on any atom is 0.225 e. The van der Waals surface area contributed by atoms with Crippen molar-refractivity contribution in [1.29, 1.82) is 0 Å². The fraction of sp³-hybridized carbons (Fsp3) is 0.389. The molecule has 142 valence electrons. The van der Waals surface area contributed by atoms with Crippen LogP contribution in [0.4, 0.5) is 10.2 Å². The lowest BCUT2D eigenvalue weighted by atomic mass is 10.3. The molecule has 1 aromatic heterocycles. The third kappa shape index (κ3) is 3.81. The van der Waals surface area contributed by atoms with Crippen LogP contribution in [0.15, 0.2) is 34.1 Å². The summed E-state index contributed by atoms with van der Waals surface area (Å²) in [6, 6.07) is 4.64. The van der Waals surface area contributed by atoms with E-state index in [1.54, 1.807) is 32.4 Å². The minimum atomic E-state index is -3.94. The molecular weight excluding hydrogens is 359 g/mol. The first-order valence-electron chi connectivity index (χ1n) is 8.23. The lowest BCUT2D eigenvalue weighted by Crippen LogP contribution is -2.18. The van der Waals surface area contributed by atoms with Gasteiger partial charge in [-0.25, -0.2) is 12.8 Å². The van der Waals surface area contributed by atoms with Crippen LogP contribution in [0.2, 0.25) is 0 Å². The summed E-state index contributed by atoms with van der Waals surface area (Å²) in [6.45, 7) is 5.92. The number of halogens is 1. The van der Waals surface area contributed by atoms with Crippen molar-refractivity contribution in [3.63, 3.8) is 0 Å². The summed E-state index contributed by atoms with van der Waals surface area (Å²) < 4.78 is 46.4. The van der Waals surface area contributed by atoms with Crippen molar-refractivity contribution < 1.29 is 22.3 Å². The van der Waals surface area contributed by atoms with Crippen molar-refractivity contribution in [2.45, 2.75) is 43.5 Å². The van der Waals surface area contributed by atoms with Crippen molar-refractivity contribution in [3.8, 4) is 0 Å². The van der Waals surface area contributed by atoms with Gasteiger partial charge in [0, 0.05) is 25.8 Å². The standard InChI is InChI=1S/C18H23FN2O4S/c1-5-16(22)20-18-17(12(2)13(3)21(18)10-11-25-4)26(23,24)15-8-6-14(19)7-9-15/h6-9H,5,10-11H2,1-4H3,(H,20,22). The topological polar surface area (TPSA) is 77.4 Å². The molecule has 0 aliphatic heterocycles. The van der Waals surface area contributed by atoms with Crippen LogP contribution in [0, 0.1) is 19.7 Å². The van der Waals surface area contributed by atoms with Gasteiger partial charge in [-0.2, -0.15) is 0 Å². The lowest BCUT2D eigenvalue weighted by Gasteiger charge is -2.14. The number of rotatable bonds is 7. The SMILES string of the molecule is CCC(=O)Nc1c(S(=O)(=O)c2ccc(F)cc2)c(C)c(C)n1CCOC. The number of carbonyl (C=O) groups excluding carboxylic acids is 1. The Bertz CT molecular complexity index is 902. The molecule has 0 bridgehead atoms. The van der Waals surface area contributed by atoms with Gasteiger partial charge in [0.1, 0.15) is 16.5 Å². The van der Waals surface area contributed by atoms with E-state index >= 15 is 0 Å². The van der Waals surface area contributed by atoms with E-state index in [2.05, 4.69) is 5.32 Å². The number of methoxy groups -OCH3 is 1. The molecule has 0 fully saturated rings. The predicted octanol–water partition coefficient (Wildman–Crippen LogP) is 3.07. The Morgan fingerprint density at radius 2 is 1.85 bits per heavy atom. The average molecular weight is 382 g/mol. The Kier molecular flexibility index (Phi) is 6.20. The molecule has 2 rings (SSSR count). The minimum absolute atomic E-state index is 0.0273. The molecule has 2 aromatic rings. The van der Waals surface area contributed by atoms with Gasteiger partial charge >= 0.3 is 0 Å². The number of ether oxygens (including phenoxy) is 1. The summed E-state index contributed by atoms with van der Waals surface area (Å²) in [6.07, 6.45) is 0.212. The van der Waals surface area contributed by atoms with E-state index in [1.165, 1.54) is 12.1 Å². The van der Waals surface area contributed by atoms with Gasteiger partial charge < -0.3 is 14.6 Å². The summed E-state index contributed by atoms with van der Waals surface area (Å²) in [5, 5.41) is 2.70. The second-order valence-corrected chi connectivity index (χ2v) is 7.78. The summed E-state index contributed by atoms with van der Waals surface area (Å²) in [4.78, 5) is 12.0. The highest BCUT2D eigenvalue weighted by Crippen LogP contribution is 2.35. The molecule has 0 aliphatic carbocycles. The zero-order valence-corrected chi connectivity index (χ0v) is 16.1. The number of aromatic nitrogens is 1. The number of anilines is 1. The maximum absolute atomic E-state index is 13.2. The Morgan fingerprint density at radius 1 is 1.23 bits per heavy atom. The van der Waals surface area contributed by atoms with E-state index in [4.69, 9.17) is 4.74 Å². The van der Waals surface area contributed by atoms with E-state index in [1.807, 2.05) is 0 Å². The van der Waals surface area contributed by atoms with Crippen LogP contribution in [-0.2, 0) is 25.9 Å². The molecule has 0 radical (unpaired) electrons. The van der Waals surface area contributed by atoms with Crippen molar-refractivity contribution >= 4 is 21.6 Å². The third-order valence-corrected chi connectivity index (χ3v) is 6.19. The molecule has 0 saturated carbocycles. The minimum Gasteiger partial charge on any atom is -0.383 e. The van der Waals surface area contributed by atoms with Crippen LogP contribution in [0.5, 0.6) is 0 Å². The molecule has 0 aliphatic rings. The highest BCUT2D eigenvalue weighted by molar-refractivity contribution is 7.91. The number of hydrogen-bond donors (Lipinski definition) is 1. The van der Waals surface area contributed by atoms with Crippen LogP contribution in [-0.4, -0.2) is 32.6 Å². The van der Waals surface area contributed by atoms with Crippen molar-refractivity contribution in [2.75, 3.05) is 19.0 Å². The molecule has 1 N–H and O–H groups in total. The average Bonchev–Trinajstić information content (AvgIpc) is 2.84. The monoisotopic (exact) mass is 382 g/mol. The van der Waals surface area contributed by atoms with Gasteiger partial charge in [-0.3, -0.25) is 4.79 Å². The lowest BCUT2D eigenvalue weighted by molar-refractivity contribution is -0.115. The van der Waals surface area contributed by atoms with Crippen LogP contribution in [0.3, 0.4) is 0 Å². The Hall–Kier alpha value is -2.19. The fourth-order valence-electron chi connectivity index (χ4n) is 2.70. The van der Waals surface area contributed by atoms with Gasteiger partial charge in [-0.1, -0.05) is 6.92 Å². The molecule has 0 atom stereocenters. The second kappa shape index (κ2) is 8.01. The first kappa shape index (κ1) is 20.1. The maximum atomic E-state index is 13.2. The zero-order chi connectivity index (χ0) is 19.5. The smallest absolute Gasteiger partial charge is 0.225 e. The van der Waals surface area contributed by atoms with Gasteiger partial charge in [0.25, 0.3) is 0 Å². The summed E-state index contributed by atoms with van der Waals surface area (Å²) in [5.74, 6) is -0.598. The Balaban J connectivity index is 2.69. The summed E-state index contributed by atoms with van der Waals surface area (Å²) >= 11 is 0. The number of carbonyl (C=O) groups is 1. The molecule has 6 nitrogen and oxygen atoms in total. The molecular formula is C18H23FN2O4S. The number of benzene rings is 1. The van der Waals surface area contributed by atoms with Crippen LogP contribution < -0.4 is 5.32 Å². The van der Waals surface area contributed by atoms with E-state index in [0.29, 0.717) is 24.4 Å². The second-order valence-electron chi connectivity index (χ2n) is 5.89. The van der Waals surface area contributed by atoms with Crippen LogP contribution >= 0.6 is 0 Å². The van der Waals surface area contributed by atoms with Gasteiger partial charge in [-0.05, 0) is 43.7 Å². The number of nitrogens with one attached hydrogen (secondary N) is 1. The highest BCUT2D eigenvalue weighted by atomic mass is 32.2. The van der Waals surface area contributed by atoms with Gasteiger partial charge in [0.2, 0.25) is 15.7 Å². The normalized spacial score (nSPS) is 11.6. The molecule has 0 saturated heterocycles. The Labute approximate surface area is 152 Å². The summed E-state index contributed by atoms with van der Waals surface area (Å²) in [7, 11) is -2.39. The zero-order valence-electron chi connectivity index (χ0n) is 15.3. The highest BCUT2D eigenvalue weighted by Gasteiger charge is 2.30. The van der Waals surface area contributed by atoms with Crippen LogP contribution in [0.1, 0.15) is 24.6 Å². The molecule has 0 spiro atoms. The Morgan fingerprint density at radius 3 is 2.38 bits per heavy atom. The number of amides is 1. The quantitative estimate of drug-likeness (QED) is 0.747. The number of sulfone groups is 1. The predicted molar refractivity (Wildman–Crippen MR) is 96.6 cm³/mol. The molecule has 1 amide bonds. The largest absolute Gasteiger partial charge is 0.383 e. The third-order valence-electron chi connectivity index (χ3n) is 4.26. The van der Waals surface area contributed by atoms with Gasteiger partial charge in [-0.15, -0.1) is 0 Å². The van der Waals surface area contributed by atoms with Crippen molar-refractivity contribution in [1.82, 2.24) is 4.57 Å². The molecule has 1 heterocycles. The molecule has 8 heteroatoms. The number of nitrogens with zero attached hydrogens (tertiary/aromatic N) is 1. The first-order valence-corrected chi connectivity index (χ1v) is 9.71. The molecule has 0 unspecified atom stereocenters. The van der Waals surface area contributed by atoms with E-state index in [9.17, 15) is 17.6 Å². The summed E-state index contributed by atoms with van der Waals surface area (Å²) in [5.41, 5.74) is 1.26. The van der Waals surface area contributed by atoms with Gasteiger partial charge in [0.05, 0.1) is 11.5 Å². The molecule has 1 aromatic carbocycles. The van der Waals surface area contributed by atoms with E-state index in [0.717, 1.165) is 12.1 Å².